The number of nitrogens with one attached hydrogen (secondary N) is 2. The molecule has 142 valence electrons. The summed E-state index contributed by atoms with van der Waals surface area (Å²) in [6, 6.07) is 5.25. The maximum atomic E-state index is 4.86. The van der Waals surface area contributed by atoms with Crippen LogP contribution in [0.15, 0.2) is 22.5 Å². The van der Waals surface area contributed by atoms with Crippen molar-refractivity contribution in [1.82, 2.24) is 15.5 Å². The zero-order valence-electron chi connectivity index (χ0n) is 15.8. The summed E-state index contributed by atoms with van der Waals surface area (Å²) in [4.78, 5) is 8.93. The van der Waals surface area contributed by atoms with Crippen LogP contribution in [-0.4, -0.2) is 49.6 Å². The Morgan fingerprint density at radius 2 is 2.12 bits per heavy atom. The average Bonchev–Trinajstić information content (AvgIpc) is 3.07. The van der Waals surface area contributed by atoms with E-state index < -0.39 is 0 Å². The maximum Gasteiger partial charge on any atom is 0.191 e. The van der Waals surface area contributed by atoms with E-state index in [-0.39, 0.29) is 29.4 Å². The Balaban J connectivity index is 0.00000225. The largest absolute Gasteiger partial charge is 0.357 e. The summed E-state index contributed by atoms with van der Waals surface area (Å²) in [5, 5.41) is 9.12. The molecule has 6 heteroatoms. The average molecular weight is 476 g/mol. The number of hydrogen-bond acceptors (Lipinski definition) is 3. The van der Waals surface area contributed by atoms with Crippen molar-refractivity contribution in [1.29, 1.82) is 0 Å². The zero-order valence-corrected chi connectivity index (χ0v) is 18.9. The van der Waals surface area contributed by atoms with Crippen molar-refractivity contribution in [2.75, 3.05) is 32.7 Å². The summed E-state index contributed by atoms with van der Waals surface area (Å²) in [7, 11) is 0. The number of aliphatic imine (C=N–C) groups is 1. The van der Waals surface area contributed by atoms with E-state index in [1.165, 1.54) is 37.2 Å². The van der Waals surface area contributed by atoms with Gasteiger partial charge in [0.25, 0.3) is 0 Å². The highest BCUT2D eigenvalue weighted by atomic mass is 127. The van der Waals surface area contributed by atoms with Crippen LogP contribution in [-0.2, 0) is 5.41 Å². The van der Waals surface area contributed by atoms with Gasteiger partial charge in [0.2, 0.25) is 0 Å². The van der Waals surface area contributed by atoms with E-state index in [1.807, 2.05) is 11.3 Å². The maximum absolute atomic E-state index is 4.86. The first-order chi connectivity index (χ1) is 11.6. The molecule has 2 fully saturated rings. The van der Waals surface area contributed by atoms with Crippen LogP contribution in [0.25, 0.3) is 0 Å². The fourth-order valence-corrected chi connectivity index (χ4v) is 4.25. The first kappa shape index (κ1) is 21.0. The molecule has 1 saturated carbocycles. The lowest BCUT2D eigenvalue weighted by Gasteiger charge is -2.22. The van der Waals surface area contributed by atoms with Gasteiger partial charge >= 0.3 is 0 Å². The molecule has 2 aliphatic rings. The normalized spacial score (nSPS) is 21.9. The van der Waals surface area contributed by atoms with Crippen LogP contribution < -0.4 is 10.6 Å². The summed E-state index contributed by atoms with van der Waals surface area (Å²) in [5.41, 5.74) is 0.0899. The molecule has 2 N–H and O–H groups in total. The molecular weight excluding hydrogens is 443 g/mol. The lowest BCUT2D eigenvalue weighted by Crippen LogP contribution is -2.41. The Morgan fingerprint density at radius 3 is 2.76 bits per heavy atom. The first-order valence-corrected chi connectivity index (χ1v) is 10.3. The van der Waals surface area contributed by atoms with E-state index in [0.29, 0.717) is 0 Å². The van der Waals surface area contributed by atoms with Gasteiger partial charge in [0.1, 0.15) is 0 Å². The van der Waals surface area contributed by atoms with Crippen LogP contribution in [0.5, 0.6) is 0 Å². The standard InChI is InChI=1S/C19H32N4S.HI/c1-4-20-18(22-14-19(2,3)17-6-5-11-24-17)21-12-15-9-10-23(13-15)16-7-8-16;/h5-6,11,15-16H,4,7-10,12-14H2,1-3H3,(H2,20,21,22);1H. The molecule has 0 radical (unpaired) electrons. The smallest absolute Gasteiger partial charge is 0.191 e. The molecule has 0 amide bonds. The Kier molecular flexibility index (Phi) is 8.01. The molecule has 4 nitrogen and oxygen atoms in total. The Labute approximate surface area is 173 Å². The molecule has 0 spiro atoms. The predicted octanol–water partition coefficient (Wildman–Crippen LogP) is 3.68. The third-order valence-electron chi connectivity index (χ3n) is 5.10. The van der Waals surface area contributed by atoms with E-state index in [1.54, 1.807) is 0 Å². The Bertz CT molecular complexity index is 540. The van der Waals surface area contributed by atoms with Crippen molar-refractivity contribution >= 4 is 41.3 Å². The first-order valence-electron chi connectivity index (χ1n) is 9.38. The number of likely N-dealkylation sites (tertiary alicyclic amines) is 1. The monoisotopic (exact) mass is 476 g/mol. The molecule has 1 atom stereocenters. The highest BCUT2D eigenvalue weighted by molar-refractivity contribution is 14.0. The van der Waals surface area contributed by atoms with Gasteiger partial charge in [-0.05, 0) is 50.1 Å². The van der Waals surface area contributed by atoms with Gasteiger partial charge in [-0.25, -0.2) is 0 Å². The number of nitrogens with zero attached hydrogens (tertiary/aromatic N) is 2. The van der Waals surface area contributed by atoms with Crippen LogP contribution in [0.4, 0.5) is 0 Å². The number of guanidine groups is 1. The van der Waals surface area contributed by atoms with E-state index in [4.69, 9.17) is 4.99 Å². The molecule has 1 aliphatic heterocycles. The minimum absolute atomic E-state index is 0. The Hall–Kier alpha value is -0.340. The van der Waals surface area contributed by atoms with Gasteiger partial charge in [0.15, 0.2) is 5.96 Å². The number of hydrogen-bond donors (Lipinski definition) is 2. The molecule has 0 bridgehead atoms. The van der Waals surface area contributed by atoms with Gasteiger partial charge in [-0.1, -0.05) is 19.9 Å². The van der Waals surface area contributed by atoms with Crippen molar-refractivity contribution in [3.8, 4) is 0 Å². The van der Waals surface area contributed by atoms with Crippen molar-refractivity contribution in [2.24, 2.45) is 10.9 Å². The number of thiophene rings is 1. The minimum atomic E-state index is 0. The predicted molar refractivity (Wildman–Crippen MR) is 119 cm³/mol. The SMILES string of the molecule is CCNC(=NCC(C)(C)c1cccs1)NCC1CCN(C2CC2)C1.I. The topological polar surface area (TPSA) is 39.7 Å². The van der Waals surface area contributed by atoms with Gasteiger partial charge in [0.05, 0.1) is 6.54 Å². The van der Waals surface area contributed by atoms with Gasteiger partial charge in [-0.3, -0.25) is 4.99 Å². The minimum Gasteiger partial charge on any atom is -0.357 e. The van der Waals surface area contributed by atoms with E-state index in [9.17, 15) is 0 Å². The van der Waals surface area contributed by atoms with Crippen molar-refractivity contribution in [3.63, 3.8) is 0 Å². The molecule has 1 aliphatic carbocycles. The van der Waals surface area contributed by atoms with Gasteiger partial charge < -0.3 is 15.5 Å². The quantitative estimate of drug-likeness (QED) is 0.358. The second-order valence-corrected chi connectivity index (χ2v) is 8.77. The third kappa shape index (κ3) is 6.10. The third-order valence-corrected chi connectivity index (χ3v) is 6.34. The van der Waals surface area contributed by atoms with E-state index in [0.717, 1.165) is 37.6 Å². The molecule has 25 heavy (non-hydrogen) atoms. The van der Waals surface area contributed by atoms with Crippen molar-refractivity contribution in [3.05, 3.63) is 22.4 Å². The molecule has 1 saturated heterocycles. The molecule has 3 rings (SSSR count). The summed E-state index contributed by atoms with van der Waals surface area (Å²) < 4.78 is 0. The molecule has 1 unspecified atom stereocenters. The lowest BCUT2D eigenvalue weighted by atomic mass is 9.92. The molecular formula is C19H33IN4S. The van der Waals surface area contributed by atoms with Crippen LogP contribution in [0.1, 0.15) is 44.9 Å². The number of halogens is 1. The molecule has 0 aromatic carbocycles. The second-order valence-electron chi connectivity index (χ2n) is 7.82. The molecule has 1 aromatic heterocycles. The second kappa shape index (κ2) is 9.55. The fraction of sp³-hybridized carbons (Fsp3) is 0.737. The van der Waals surface area contributed by atoms with E-state index >= 15 is 0 Å². The van der Waals surface area contributed by atoms with Gasteiger partial charge in [0, 0.05) is 36.0 Å². The van der Waals surface area contributed by atoms with Crippen LogP contribution in [0, 0.1) is 5.92 Å². The summed E-state index contributed by atoms with van der Waals surface area (Å²) in [6.07, 6.45) is 4.16. The van der Waals surface area contributed by atoms with E-state index in [2.05, 4.69) is 53.8 Å². The zero-order chi connectivity index (χ0) is 17.0. The summed E-state index contributed by atoms with van der Waals surface area (Å²) >= 11 is 1.82. The Morgan fingerprint density at radius 1 is 1.32 bits per heavy atom. The van der Waals surface area contributed by atoms with Crippen LogP contribution in [0.2, 0.25) is 0 Å². The lowest BCUT2D eigenvalue weighted by molar-refractivity contribution is 0.314. The molecule has 1 aromatic rings. The van der Waals surface area contributed by atoms with Crippen LogP contribution in [0.3, 0.4) is 0 Å². The van der Waals surface area contributed by atoms with Crippen molar-refractivity contribution < 1.29 is 0 Å². The van der Waals surface area contributed by atoms with Gasteiger partial charge in [-0.2, -0.15) is 0 Å². The van der Waals surface area contributed by atoms with Crippen molar-refractivity contribution in [2.45, 2.75) is 51.5 Å². The highest BCUT2D eigenvalue weighted by Crippen LogP contribution is 2.31. The van der Waals surface area contributed by atoms with Crippen LogP contribution >= 0.6 is 35.3 Å². The highest BCUT2D eigenvalue weighted by Gasteiger charge is 2.34. The summed E-state index contributed by atoms with van der Waals surface area (Å²) in [6.45, 7) is 12.0. The fourth-order valence-electron chi connectivity index (χ4n) is 3.40. The number of rotatable bonds is 7. The van der Waals surface area contributed by atoms with Gasteiger partial charge in [-0.15, -0.1) is 35.3 Å². The summed E-state index contributed by atoms with van der Waals surface area (Å²) in [5.74, 6) is 1.73. The molecule has 2 heterocycles.